The lowest BCUT2D eigenvalue weighted by Crippen LogP contribution is -2.50. The largest absolute Gasteiger partial charge is 0.452 e. The molecule has 7 heteroatoms. The summed E-state index contributed by atoms with van der Waals surface area (Å²) in [5.41, 5.74) is -0.755. The molecule has 0 saturated heterocycles. The summed E-state index contributed by atoms with van der Waals surface area (Å²) in [6.07, 6.45) is 4.08. The molecule has 1 aliphatic rings. The summed E-state index contributed by atoms with van der Waals surface area (Å²) in [6, 6.07) is 6.58. The number of halogens is 2. The van der Waals surface area contributed by atoms with Crippen molar-refractivity contribution < 1.29 is 14.3 Å². The molecule has 23 heavy (non-hydrogen) atoms. The fourth-order valence-electron chi connectivity index (χ4n) is 2.59. The van der Waals surface area contributed by atoms with Gasteiger partial charge in [-0.1, -0.05) is 42.5 Å². The Labute approximate surface area is 144 Å². The van der Waals surface area contributed by atoms with Crippen molar-refractivity contribution in [2.75, 3.05) is 6.61 Å². The van der Waals surface area contributed by atoms with Gasteiger partial charge in [0.2, 0.25) is 0 Å². The molecular formula is C16H16Cl2N2O3. The predicted octanol–water partition coefficient (Wildman–Crippen LogP) is 3.49. The quantitative estimate of drug-likeness (QED) is 0.839. The number of hydrogen-bond donors (Lipinski definition) is 1. The second-order valence-corrected chi connectivity index (χ2v) is 6.35. The van der Waals surface area contributed by atoms with Crippen LogP contribution in [0.4, 0.5) is 0 Å². The third-order valence-corrected chi connectivity index (χ3v) is 4.35. The van der Waals surface area contributed by atoms with Gasteiger partial charge in [-0.2, -0.15) is 5.26 Å². The Morgan fingerprint density at radius 3 is 2.61 bits per heavy atom. The van der Waals surface area contributed by atoms with Crippen LogP contribution in [-0.2, 0) is 9.53 Å². The Kier molecular flexibility index (Phi) is 5.86. The van der Waals surface area contributed by atoms with Gasteiger partial charge >= 0.3 is 5.97 Å². The number of esters is 1. The first kappa shape index (κ1) is 17.6. The van der Waals surface area contributed by atoms with E-state index in [-0.39, 0.29) is 10.6 Å². The molecule has 0 radical (unpaired) electrons. The molecular weight excluding hydrogens is 339 g/mol. The van der Waals surface area contributed by atoms with Crippen molar-refractivity contribution in [3.63, 3.8) is 0 Å². The highest BCUT2D eigenvalue weighted by molar-refractivity contribution is 6.35. The van der Waals surface area contributed by atoms with Crippen molar-refractivity contribution >= 4 is 35.1 Å². The van der Waals surface area contributed by atoms with E-state index < -0.39 is 24.0 Å². The van der Waals surface area contributed by atoms with Crippen LogP contribution in [0, 0.1) is 11.3 Å². The third kappa shape index (κ3) is 4.60. The maximum atomic E-state index is 12.0. The molecule has 0 aliphatic heterocycles. The molecule has 1 amide bonds. The minimum absolute atomic E-state index is 0.0969. The van der Waals surface area contributed by atoms with Crippen LogP contribution < -0.4 is 5.32 Å². The van der Waals surface area contributed by atoms with Gasteiger partial charge in [0.1, 0.15) is 5.54 Å². The molecule has 0 bridgehead atoms. The van der Waals surface area contributed by atoms with Crippen molar-refractivity contribution in [2.24, 2.45) is 0 Å². The molecule has 2 rings (SSSR count). The summed E-state index contributed by atoms with van der Waals surface area (Å²) in [6.45, 7) is -0.467. The molecule has 0 aromatic heterocycles. The number of nitriles is 1. The zero-order valence-corrected chi connectivity index (χ0v) is 13.9. The molecule has 1 aromatic rings. The normalized spacial score (nSPS) is 16.2. The molecule has 1 N–H and O–H groups in total. The number of rotatable bonds is 4. The minimum Gasteiger partial charge on any atom is -0.452 e. The molecule has 1 fully saturated rings. The lowest BCUT2D eigenvalue weighted by atomic mass is 9.83. The lowest BCUT2D eigenvalue weighted by Gasteiger charge is -2.31. The Morgan fingerprint density at radius 2 is 1.96 bits per heavy atom. The highest BCUT2D eigenvalue weighted by Gasteiger charge is 2.33. The van der Waals surface area contributed by atoms with Crippen LogP contribution in [0.5, 0.6) is 0 Å². The summed E-state index contributed by atoms with van der Waals surface area (Å²) in [4.78, 5) is 23.9. The number of nitrogens with zero attached hydrogens (tertiary/aromatic N) is 1. The highest BCUT2D eigenvalue weighted by atomic mass is 35.5. The Bertz CT molecular complexity index is 649. The zero-order valence-electron chi connectivity index (χ0n) is 12.4. The van der Waals surface area contributed by atoms with Crippen LogP contribution in [0.3, 0.4) is 0 Å². The van der Waals surface area contributed by atoms with Gasteiger partial charge in [-0.25, -0.2) is 4.79 Å². The molecule has 1 aliphatic carbocycles. The monoisotopic (exact) mass is 354 g/mol. The van der Waals surface area contributed by atoms with E-state index in [1.807, 2.05) is 0 Å². The second-order valence-electron chi connectivity index (χ2n) is 5.50. The van der Waals surface area contributed by atoms with E-state index in [1.165, 1.54) is 12.1 Å². The first-order chi connectivity index (χ1) is 11.0. The van der Waals surface area contributed by atoms with Crippen molar-refractivity contribution in [1.29, 1.82) is 5.26 Å². The Morgan fingerprint density at radius 1 is 1.26 bits per heavy atom. The van der Waals surface area contributed by atoms with Crippen LogP contribution in [0.2, 0.25) is 10.0 Å². The van der Waals surface area contributed by atoms with Gasteiger partial charge in [0.25, 0.3) is 5.91 Å². The van der Waals surface area contributed by atoms with E-state index >= 15 is 0 Å². The van der Waals surface area contributed by atoms with Crippen molar-refractivity contribution in [2.45, 2.75) is 37.6 Å². The average molecular weight is 355 g/mol. The number of carbonyl (C=O) groups excluding carboxylic acids is 2. The van der Waals surface area contributed by atoms with Gasteiger partial charge < -0.3 is 10.1 Å². The predicted molar refractivity (Wildman–Crippen MR) is 86.3 cm³/mol. The fourth-order valence-corrected chi connectivity index (χ4v) is 2.95. The summed E-state index contributed by atoms with van der Waals surface area (Å²) >= 11 is 11.7. The molecule has 0 atom stereocenters. The van der Waals surface area contributed by atoms with Crippen LogP contribution in [0.1, 0.15) is 42.5 Å². The van der Waals surface area contributed by atoms with Crippen LogP contribution >= 0.6 is 23.2 Å². The maximum Gasteiger partial charge on any atom is 0.340 e. The standard InChI is InChI=1S/C16H16Cl2N2O3/c17-11-4-5-13(18)12(8-11)15(22)23-9-14(21)20-16(10-19)6-2-1-3-7-16/h4-5,8H,1-3,6-7,9H2,(H,20,21). The van der Waals surface area contributed by atoms with Gasteiger partial charge in [-0.15, -0.1) is 0 Å². The molecule has 122 valence electrons. The molecule has 1 aromatic carbocycles. The zero-order chi connectivity index (χ0) is 16.9. The average Bonchev–Trinajstić information content (AvgIpc) is 2.55. The highest BCUT2D eigenvalue weighted by Crippen LogP contribution is 2.27. The van der Waals surface area contributed by atoms with Crippen LogP contribution in [0.15, 0.2) is 18.2 Å². The van der Waals surface area contributed by atoms with Gasteiger partial charge in [-0.05, 0) is 31.0 Å². The van der Waals surface area contributed by atoms with E-state index in [2.05, 4.69) is 11.4 Å². The van der Waals surface area contributed by atoms with Crippen molar-refractivity contribution in [3.8, 4) is 6.07 Å². The topological polar surface area (TPSA) is 79.2 Å². The maximum absolute atomic E-state index is 12.0. The number of amides is 1. The molecule has 0 unspecified atom stereocenters. The van der Waals surface area contributed by atoms with E-state index in [4.69, 9.17) is 27.9 Å². The van der Waals surface area contributed by atoms with Gasteiger partial charge in [-0.3, -0.25) is 4.79 Å². The second kappa shape index (κ2) is 7.67. The first-order valence-corrected chi connectivity index (χ1v) is 8.06. The summed E-state index contributed by atoms with van der Waals surface area (Å²) in [5.74, 6) is -1.23. The molecule has 5 nitrogen and oxygen atoms in total. The number of carbonyl (C=O) groups is 2. The Balaban J connectivity index is 1.92. The third-order valence-electron chi connectivity index (χ3n) is 3.78. The molecule has 0 heterocycles. The molecule has 0 spiro atoms. The first-order valence-electron chi connectivity index (χ1n) is 7.30. The van der Waals surface area contributed by atoms with Gasteiger partial charge in [0.15, 0.2) is 6.61 Å². The van der Waals surface area contributed by atoms with E-state index in [0.29, 0.717) is 17.9 Å². The summed E-state index contributed by atoms with van der Waals surface area (Å²) in [5, 5.41) is 12.5. The van der Waals surface area contributed by atoms with Crippen LogP contribution in [0.25, 0.3) is 0 Å². The lowest BCUT2D eigenvalue weighted by molar-refractivity contribution is -0.125. The van der Waals surface area contributed by atoms with Crippen LogP contribution in [-0.4, -0.2) is 24.0 Å². The SMILES string of the molecule is N#CC1(NC(=O)COC(=O)c2cc(Cl)ccc2Cl)CCCCC1. The summed E-state index contributed by atoms with van der Waals surface area (Å²) in [7, 11) is 0. The fraction of sp³-hybridized carbons (Fsp3) is 0.438. The number of benzene rings is 1. The number of nitrogens with one attached hydrogen (secondary N) is 1. The van der Waals surface area contributed by atoms with E-state index in [1.54, 1.807) is 6.07 Å². The molecule has 1 saturated carbocycles. The van der Waals surface area contributed by atoms with E-state index in [0.717, 1.165) is 19.3 Å². The van der Waals surface area contributed by atoms with Gasteiger partial charge in [0, 0.05) is 5.02 Å². The van der Waals surface area contributed by atoms with Crippen molar-refractivity contribution in [3.05, 3.63) is 33.8 Å². The number of ether oxygens (including phenoxy) is 1. The van der Waals surface area contributed by atoms with Gasteiger partial charge in [0.05, 0.1) is 16.7 Å². The summed E-state index contributed by atoms with van der Waals surface area (Å²) < 4.78 is 4.95. The smallest absolute Gasteiger partial charge is 0.340 e. The number of hydrogen-bond acceptors (Lipinski definition) is 4. The van der Waals surface area contributed by atoms with Crippen molar-refractivity contribution in [1.82, 2.24) is 5.32 Å². The minimum atomic E-state index is -0.852. The van der Waals surface area contributed by atoms with E-state index in [9.17, 15) is 14.9 Å². The Hall–Kier alpha value is -1.77.